The summed E-state index contributed by atoms with van der Waals surface area (Å²) >= 11 is 0. The Morgan fingerprint density at radius 2 is 1.88 bits per heavy atom. The number of piperidine rings is 3. The summed E-state index contributed by atoms with van der Waals surface area (Å²) in [5.41, 5.74) is 1.96. The van der Waals surface area contributed by atoms with E-state index in [0.717, 1.165) is 60.1 Å². The van der Waals surface area contributed by atoms with Crippen LogP contribution in [0.1, 0.15) is 35.6 Å². The van der Waals surface area contributed by atoms with Crippen molar-refractivity contribution in [2.24, 2.45) is 11.8 Å². The Hall–Kier alpha value is -2.70. The molecule has 3 nitrogen and oxygen atoms in total. The first-order chi connectivity index (χ1) is 15.8. The van der Waals surface area contributed by atoms with Crippen molar-refractivity contribution in [2.75, 3.05) is 13.1 Å². The van der Waals surface area contributed by atoms with Gasteiger partial charge in [0.2, 0.25) is 0 Å². The number of halogens is 3. The van der Waals surface area contributed by atoms with Crippen LogP contribution in [-0.2, 0) is 12.7 Å². The number of hydrogen-bond donors (Lipinski definition) is 1. The second-order valence-electron chi connectivity index (χ2n) is 9.59. The zero-order valence-corrected chi connectivity index (χ0v) is 18.4. The predicted molar refractivity (Wildman–Crippen MR) is 122 cm³/mol. The molecule has 6 rings (SSSR count). The summed E-state index contributed by atoms with van der Waals surface area (Å²) in [6.45, 7) is 6.39. The van der Waals surface area contributed by atoms with Crippen LogP contribution in [0.25, 0.3) is 10.9 Å². The van der Waals surface area contributed by atoms with Gasteiger partial charge in [0.05, 0.1) is 24.2 Å². The van der Waals surface area contributed by atoms with Crippen LogP contribution in [0.3, 0.4) is 0 Å². The van der Waals surface area contributed by atoms with Crippen molar-refractivity contribution in [1.82, 2.24) is 4.98 Å². The third kappa shape index (κ3) is 3.96. The molecule has 33 heavy (non-hydrogen) atoms. The van der Waals surface area contributed by atoms with Crippen LogP contribution in [0, 0.1) is 11.8 Å². The van der Waals surface area contributed by atoms with Crippen LogP contribution in [-0.4, -0.2) is 33.7 Å². The summed E-state index contributed by atoms with van der Waals surface area (Å²) in [6, 6.07) is 15.2. The van der Waals surface area contributed by atoms with Gasteiger partial charge in [0.15, 0.2) is 0 Å². The van der Waals surface area contributed by atoms with Gasteiger partial charge in [-0.2, -0.15) is 13.2 Å². The zero-order chi connectivity index (χ0) is 23.2. The van der Waals surface area contributed by atoms with Crippen LogP contribution >= 0.6 is 0 Å². The highest BCUT2D eigenvalue weighted by molar-refractivity contribution is 5.82. The van der Waals surface area contributed by atoms with E-state index in [-0.39, 0.29) is 6.04 Å². The van der Waals surface area contributed by atoms with Crippen molar-refractivity contribution in [3.63, 3.8) is 0 Å². The first kappa shape index (κ1) is 22.1. The minimum absolute atomic E-state index is 0.0342. The van der Waals surface area contributed by atoms with Crippen molar-refractivity contribution >= 4 is 10.9 Å². The van der Waals surface area contributed by atoms with Gasteiger partial charge in [-0.05, 0) is 35.7 Å². The van der Waals surface area contributed by atoms with Gasteiger partial charge in [0.25, 0.3) is 0 Å². The normalized spacial score (nSPS) is 28.1. The van der Waals surface area contributed by atoms with Gasteiger partial charge in [-0.1, -0.05) is 36.4 Å². The highest BCUT2D eigenvalue weighted by atomic mass is 19.4. The molecule has 6 heteroatoms. The van der Waals surface area contributed by atoms with Crippen molar-refractivity contribution in [3.8, 4) is 0 Å². The van der Waals surface area contributed by atoms with Gasteiger partial charge in [0.1, 0.15) is 18.7 Å². The third-order valence-corrected chi connectivity index (χ3v) is 7.82. The fraction of sp³-hybridized carbons (Fsp3) is 0.370. The number of pyridine rings is 1. The number of aromatic nitrogens is 1. The molecule has 1 unspecified atom stereocenters. The summed E-state index contributed by atoms with van der Waals surface area (Å²) in [5.74, 6) is 0.827. The average Bonchev–Trinajstić information content (AvgIpc) is 2.83. The van der Waals surface area contributed by atoms with Crippen molar-refractivity contribution in [3.05, 3.63) is 90.1 Å². The molecule has 0 radical (unpaired) electrons. The van der Waals surface area contributed by atoms with E-state index in [0.29, 0.717) is 22.9 Å². The number of nitrogens with zero attached hydrogens (tertiary/aromatic N) is 2. The van der Waals surface area contributed by atoms with E-state index in [2.05, 4.69) is 11.6 Å². The van der Waals surface area contributed by atoms with E-state index in [1.54, 1.807) is 18.3 Å². The lowest BCUT2D eigenvalue weighted by Gasteiger charge is -2.58. The summed E-state index contributed by atoms with van der Waals surface area (Å²) in [5, 5.41) is 12.6. The van der Waals surface area contributed by atoms with Gasteiger partial charge >= 0.3 is 6.18 Å². The molecular formula is C27H28F3N2O+. The predicted octanol–water partition coefficient (Wildman–Crippen LogP) is 5.90. The largest absolute Gasteiger partial charge is 0.416 e. The van der Waals surface area contributed by atoms with E-state index in [1.165, 1.54) is 0 Å². The number of para-hydroxylation sites is 1. The maximum Gasteiger partial charge on any atom is 0.416 e. The SMILES string of the molecule is C=C[C@@H]1C[N+]2(Cc3ccc(C(F)(F)F)cc3)CC[C@@H]1C[C@H]2[C@H](O)c1ccnc2ccccc12. The highest BCUT2D eigenvalue weighted by Gasteiger charge is 2.54. The molecule has 3 aliphatic rings. The Kier molecular flexibility index (Phi) is 5.53. The van der Waals surface area contributed by atoms with Crippen LogP contribution < -0.4 is 0 Å². The smallest absolute Gasteiger partial charge is 0.382 e. The van der Waals surface area contributed by atoms with E-state index in [9.17, 15) is 18.3 Å². The van der Waals surface area contributed by atoms with Crippen LogP contribution in [0.2, 0.25) is 0 Å². The fourth-order valence-corrected chi connectivity index (χ4v) is 6.13. The van der Waals surface area contributed by atoms with Crippen LogP contribution in [0.5, 0.6) is 0 Å². The lowest BCUT2D eigenvalue weighted by Crippen LogP contribution is -2.67. The Morgan fingerprint density at radius 3 is 2.61 bits per heavy atom. The molecule has 2 aromatic carbocycles. The van der Waals surface area contributed by atoms with Crippen LogP contribution in [0.15, 0.2) is 73.4 Å². The molecule has 3 aliphatic heterocycles. The molecule has 0 spiro atoms. The quantitative estimate of drug-likeness (QED) is 0.386. The average molecular weight is 454 g/mol. The minimum atomic E-state index is -4.34. The Labute approximate surface area is 191 Å². The number of benzene rings is 2. The third-order valence-electron chi connectivity index (χ3n) is 7.82. The Bertz CT molecular complexity index is 1150. The second kappa shape index (κ2) is 8.26. The number of aliphatic hydroxyl groups excluding tert-OH is 1. The van der Waals surface area contributed by atoms with E-state index < -0.39 is 17.8 Å². The van der Waals surface area contributed by atoms with E-state index in [4.69, 9.17) is 0 Å². The summed E-state index contributed by atoms with van der Waals surface area (Å²) in [4.78, 5) is 4.43. The first-order valence-electron chi connectivity index (χ1n) is 11.5. The number of quaternary nitrogens is 1. The molecule has 4 heterocycles. The Morgan fingerprint density at radius 1 is 1.12 bits per heavy atom. The summed E-state index contributed by atoms with van der Waals surface area (Å²) in [7, 11) is 0. The molecule has 1 N–H and O–H groups in total. The number of hydrogen-bond acceptors (Lipinski definition) is 2. The molecule has 2 bridgehead atoms. The van der Waals surface area contributed by atoms with Gasteiger partial charge < -0.3 is 9.59 Å². The summed E-state index contributed by atoms with van der Waals surface area (Å²) in [6.07, 6.45) is 0.648. The molecular weight excluding hydrogens is 425 g/mol. The van der Waals surface area contributed by atoms with Gasteiger partial charge in [-0.25, -0.2) is 0 Å². The van der Waals surface area contributed by atoms with Gasteiger partial charge in [0, 0.05) is 35.9 Å². The van der Waals surface area contributed by atoms with E-state index in [1.807, 2.05) is 36.4 Å². The van der Waals surface area contributed by atoms with Crippen molar-refractivity contribution < 1.29 is 22.8 Å². The molecule has 5 atom stereocenters. The highest BCUT2D eigenvalue weighted by Crippen LogP contribution is 2.48. The van der Waals surface area contributed by atoms with Gasteiger partial charge in [-0.3, -0.25) is 4.98 Å². The van der Waals surface area contributed by atoms with Crippen molar-refractivity contribution in [2.45, 2.75) is 37.7 Å². The second-order valence-corrected chi connectivity index (χ2v) is 9.59. The molecule has 0 saturated carbocycles. The van der Waals surface area contributed by atoms with Gasteiger partial charge in [-0.15, -0.1) is 6.58 Å². The first-order valence-corrected chi connectivity index (χ1v) is 11.5. The summed E-state index contributed by atoms with van der Waals surface area (Å²) < 4.78 is 39.8. The molecule has 0 aliphatic carbocycles. The number of rotatable bonds is 5. The zero-order valence-electron chi connectivity index (χ0n) is 18.4. The molecule has 3 aromatic rings. The number of alkyl halides is 3. The van der Waals surface area contributed by atoms with E-state index >= 15 is 0 Å². The molecule has 3 fully saturated rings. The maximum absolute atomic E-state index is 13.1. The molecule has 172 valence electrons. The molecule has 0 amide bonds. The minimum Gasteiger partial charge on any atom is -0.382 e. The Balaban J connectivity index is 1.51. The maximum atomic E-state index is 13.1. The molecule has 1 aromatic heterocycles. The lowest BCUT2D eigenvalue weighted by atomic mass is 9.71. The monoisotopic (exact) mass is 453 g/mol. The van der Waals surface area contributed by atoms with Crippen LogP contribution in [0.4, 0.5) is 13.2 Å². The molecule has 3 saturated heterocycles. The standard InChI is InChI=1S/C27H28F3N2O/c1-2-19-17-32(16-18-7-9-21(10-8-18)27(28,29)30)14-12-20(19)15-25(32)26(33)23-11-13-31-24-6-4-3-5-22(23)24/h2-11,13,19-20,25-26,33H,1,12,14-17H2/q+1/t19-,20-,25+,26-,32?/m1/s1. The lowest BCUT2D eigenvalue weighted by molar-refractivity contribution is -0.984. The topological polar surface area (TPSA) is 33.1 Å². The number of fused-ring (bicyclic) bond motifs is 4. The fourth-order valence-electron chi connectivity index (χ4n) is 6.13. The number of aliphatic hydroxyl groups is 1. The van der Waals surface area contributed by atoms with Crippen molar-refractivity contribution in [1.29, 1.82) is 0 Å².